The van der Waals surface area contributed by atoms with Crippen molar-refractivity contribution in [3.05, 3.63) is 22.2 Å². The summed E-state index contributed by atoms with van der Waals surface area (Å²) in [6.45, 7) is 4.44. The van der Waals surface area contributed by atoms with Gasteiger partial charge in [0.15, 0.2) is 0 Å². The second kappa shape index (κ2) is 5.13. The van der Waals surface area contributed by atoms with E-state index in [4.69, 9.17) is 11.6 Å². The van der Waals surface area contributed by atoms with Gasteiger partial charge < -0.3 is 0 Å². The van der Waals surface area contributed by atoms with Crippen molar-refractivity contribution in [3.63, 3.8) is 0 Å². The third-order valence-corrected chi connectivity index (χ3v) is 3.44. The van der Waals surface area contributed by atoms with Gasteiger partial charge >= 0.3 is 0 Å². The summed E-state index contributed by atoms with van der Waals surface area (Å²) in [6, 6.07) is 0. The fourth-order valence-electron chi connectivity index (χ4n) is 2.13. The van der Waals surface area contributed by atoms with Crippen LogP contribution in [-0.4, -0.2) is 9.97 Å². The Labute approximate surface area is 102 Å². The SMILES string of the molecule is CC(C)CCc1nc(Cl)c2c(n1)CCCC2. The number of aromatic nitrogens is 2. The lowest BCUT2D eigenvalue weighted by Crippen LogP contribution is -2.11. The van der Waals surface area contributed by atoms with Crippen molar-refractivity contribution < 1.29 is 0 Å². The third kappa shape index (κ3) is 2.73. The molecule has 0 radical (unpaired) electrons. The van der Waals surface area contributed by atoms with Gasteiger partial charge in [-0.05, 0) is 38.0 Å². The van der Waals surface area contributed by atoms with Gasteiger partial charge in [-0.2, -0.15) is 0 Å². The van der Waals surface area contributed by atoms with Crippen molar-refractivity contribution in [2.24, 2.45) is 5.92 Å². The third-order valence-electron chi connectivity index (χ3n) is 3.12. The van der Waals surface area contributed by atoms with E-state index in [1.807, 2.05) is 0 Å². The molecule has 0 N–H and O–H groups in total. The van der Waals surface area contributed by atoms with Crippen molar-refractivity contribution in [1.82, 2.24) is 9.97 Å². The van der Waals surface area contributed by atoms with Crippen molar-refractivity contribution in [2.75, 3.05) is 0 Å². The van der Waals surface area contributed by atoms with Crippen LogP contribution in [0.5, 0.6) is 0 Å². The molecule has 1 heterocycles. The van der Waals surface area contributed by atoms with Gasteiger partial charge in [-0.15, -0.1) is 0 Å². The fourth-order valence-corrected chi connectivity index (χ4v) is 2.43. The van der Waals surface area contributed by atoms with E-state index < -0.39 is 0 Å². The zero-order chi connectivity index (χ0) is 11.5. The number of rotatable bonds is 3. The monoisotopic (exact) mass is 238 g/mol. The van der Waals surface area contributed by atoms with Crippen LogP contribution in [-0.2, 0) is 19.3 Å². The Bertz CT molecular complexity index is 374. The van der Waals surface area contributed by atoms with Crippen molar-refractivity contribution in [1.29, 1.82) is 0 Å². The maximum absolute atomic E-state index is 6.21. The number of hydrogen-bond donors (Lipinski definition) is 0. The highest BCUT2D eigenvalue weighted by molar-refractivity contribution is 6.30. The van der Waals surface area contributed by atoms with Crippen LogP contribution in [0.25, 0.3) is 0 Å². The summed E-state index contributed by atoms with van der Waals surface area (Å²) in [6.07, 6.45) is 6.68. The molecular weight excluding hydrogens is 220 g/mol. The number of halogens is 1. The lowest BCUT2D eigenvalue weighted by Gasteiger charge is -2.16. The van der Waals surface area contributed by atoms with Gasteiger partial charge in [-0.3, -0.25) is 0 Å². The maximum Gasteiger partial charge on any atom is 0.136 e. The Morgan fingerprint density at radius 2 is 1.94 bits per heavy atom. The second-order valence-corrected chi connectivity index (χ2v) is 5.35. The molecule has 88 valence electrons. The van der Waals surface area contributed by atoms with Crippen LogP contribution in [0.2, 0.25) is 5.15 Å². The van der Waals surface area contributed by atoms with Gasteiger partial charge in [0.05, 0.1) is 0 Å². The Kier molecular flexibility index (Phi) is 3.80. The van der Waals surface area contributed by atoms with E-state index in [9.17, 15) is 0 Å². The van der Waals surface area contributed by atoms with Gasteiger partial charge in [-0.25, -0.2) is 9.97 Å². The summed E-state index contributed by atoms with van der Waals surface area (Å²) in [4.78, 5) is 9.06. The predicted molar refractivity (Wildman–Crippen MR) is 66.8 cm³/mol. The molecular formula is C13H19ClN2. The summed E-state index contributed by atoms with van der Waals surface area (Å²) in [5.74, 6) is 1.62. The summed E-state index contributed by atoms with van der Waals surface area (Å²) >= 11 is 6.21. The molecule has 1 aliphatic carbocycles. The first-order valence-electron chi connectivity index (χ1n) is 6.21. The molecule has 1 aromatic heterocycles. The van der Waals surface area contributed by atoms with Crippen molar-refractivity contribution in [2.45, 2.75) is 52.4 Å². The Balaban J connectivity index is 2.18. The molecule has 0 spiro atoms. The van der Waals surface area contributed by atoms with Crippen LogP contribution in [0.15, 0.2) is 0 Å². The predicted octanol–water partition coefficient (Wildman–Crippen LogP) is 3.60. The van der Waals surface area contributed by atoms with Crippen LogP contribution in [0.3, 0.4) is 0 Å². The largest absolute Gasteiger partial charge is 0.238 e. The molecule has 1 aliphatic rings. The molecule has 2 nitrogen and oxygen atoms in total. The normalized spacial score (nSPS) is 15.2. The Hall–Kier alpha value is -0.630. The molecule has 0 aliphatic heterocycles. The molecule has 0 amide bonds. The van der Waals surface area contributed by atoms with Crippen molar-refractivity contribution in [3.8, 4) is 0 Å². The first-order valence-corrected chi connectivity index (χ1v) is 6.58. The minimum Gasteiger partial charge on any atom is -0.238 e. The number of aryl methyl sites for hydroxylation is 2. The molecule has 0 bridgehead atoms. The molecule has 0 saturated carbocycles. The highest BCUT2D eigenvalue weighted by Crippen LogP contribution is 2.25. The Morgan fingerprint density at radius 1 is 1.19 bits per heavy atom. The van der Waals surface area contributed by atoms with Crippen LogP contribution < -0.4 is 0 Å². The molecule has 0 atom stereocenters. The lowest BCUT2D eigenvalue weighted by molar-refractivity contribution is 0.568. The van der Waals surface area contributed by atoms with E-state index in [0.717, 1.165) is 31.5 Å². The van der Waals surface area contributed by atoms with Gasteiger partial charge in [0.1, 0.15) is 11.0 Å². The first kappa shape index (κ1) is 11.8. The first-order chi connectivity index (χ1) is 7.66. The summed E-state index contributed by atoms with van der Waals surface area (Å²) in [5.41, 5.74) is 2.39. The van der Waals surface area contributed by atoms with Crippen LogP contribution in [0.1, 0.15) is 50.2 Å². The average molecular weight is 239 g/mol. The quantitative estimate of drug-likeness (QED) is 0.752. The fraction of sp³-hybridized carbons (Fsp3) is 0.692. The van der Waals surface area contributed by atoms with Crippen LogP contribution >= 0.6 is 11.6 Å². The zero-order valence-electron chi connectivity index (χ0n) is 10.1. The number of nitrogens with zero attached hydrogens (tertiary/aromatic N) is 2. The standard InChI is InChI=1S/C13H19ClN2/c1-9(2)7-8-12-15-11-6-4-3-5-10(11)13(14)16-12/h9H,3-8H2,1-2H3. The zero-order valence-corrected chi connectivity index (χ0v) is 10.8. The average Bonchev–Trinajstić information content (AvgIpc) is 2.26. The highest BCUT2D eigenvalue weighted by atomic mass is 35.5. The minimum atomic E-state index is 0.693. The molecule has 3 heteroatoms. The molecule has 16 heavy (non-hydrogen) atoms. The molecule has 0 saturated heterocycles. The molecule has 0 aromatic carbocycles. The maximum atomic E-state index is 6.21. The second-order valence-electron chi connectivity index (χ2n) is 5.00. The molecule has 2 rings (SSSR count). The van der Waals surface area contributed by atoms with Crippen LogP contribution in [0.4, 0.5) is 0 Å². The number of fused-ring (bicyclic) bond motifs is 1. The van der Waals surface area contributed by atoms with Gasteiger partial charge in [0, 0.05) is 17.7 Å². The van der Waals surface area contributed by atoms with E-state index in [1.54, 1.807) is 0 Å². The molecule has 1 aromatic rings. The summed E-state index contributed by atoms with van der Waals surface area (Å²) < 4.78 is 0. The van der Waals surface area contributed by atoms with Gasteiger partial charge in [0.25, 0.3) is 0 Å². The van der Waals surface area contributed by atoms with Gasteiger partial charge in [-0.1, -0.05) is 25.4 Å². The molecule has 0 unspecified atom stereocenters. The number of hydrogen-bond acceptors (Lipinski definition) is 2. The summed E-state index contributed by atoms with van der Waals surface area (Å²) in [5, 5.41) is 0.698. The van der Waals surface area contributed by atoms with E-state index in [0.29, 0.717) is 11.1 Å². The molecule has 0 fully saturated rings. The smallest absolute Gasteiger partial charge is 0.136 e. The highest BCUT2D eigenvalue weighted by Gasteiger charge is 2.16. The summed E-state index contributed by atoms with van der Waals surface area (Å²) in [7, 11) is 0. The lowest BCUT2D eigenvalue weighted by atomic mass is 9.97. The topological polar surface area (TPSA) is 25.8 Å². The van der Waals surface area contributed by atoms with E-state index in [-0.39, 0.29) is 0 Å². The Morgan fingerprint density at radius 3 is 2.69 bits per heavy atom. The van der Waals surface area contributed by atoms with E-state index >= 15 is 0 Å². The van der Waals surface area contributed by atoms with Crippen LogP contribution in [0, 0.1) is 5.92 Å². The van der Waals surface area contributed by atoms with E-state index in [1.165, 1.54) is 24.1 Å². The van der Waals surface area contributed by atoms with E-state index in [2.05, 4.69) is 23.8 Å². The van der Waals surface area contributed by atoms with Crippen molar-refractivity contribution >= 4 is 11.6 Å². The minimum absolute atomic E-state index is 0.693. The van der Waals surface area contributed by atoms with Gasteiger partial charge in [0.2, 0.25) is 0 Å².